The summed E-state index contributed by atoms with van der Waals surface area (Å²) in [5.41, 5.74) is 1.15. The Morgan fingerprint density at radius 2 is 1.88 bits per heavy atom. The van der Waals surface area contributed by atoms with Gasteiger partial charge in [0.1, 0.15) is 5.76 Å². The lowest BCUT2D eigenvalue weighted by molar-refractivity contribution is -0.111. The number of sulfonamides is 1. The van der Waals surface area contributed by atoms with Gasteiger partial charge in [-0.15, -0.1) is 0 Å². The van der Waals surface area contributed by atoms with Crippen molar-refractivity contribution in [2.45, 2.75) is 18.4 Å². The Hall–Kier alpha value is -3.40. The van der Waals surface area contributed by atoms with Gasteiger partial charge in [0.25, 0.3) is 0 Å². The molecule has 0 fully saturated rings. The number of furan rings is 1. The van der Waals surface area contributed by atoms with Crippen LogP contribution in [0.1, 0.15) is 28.6 Å². The molecule has 3 rings (SSSR count). The summed E-state index contributed by atoms with van der Waals surface area (Å²) < 4.78 is 37.2. The first-order valence-corrected chi connectivity index (χ1v) is 11.7. The molecule has 10 heteroatoms. The van der Waals surface area contributed by atoms with Crippen molar-refractivity contribution in [3.63, 3.8) is 0 Å². The molecule has 2 N–H and O–H groups in total. The second kappa shape index (κ2) is 11.0. The van der Waals surface area contributed by atoms with Crippen LogP contribution in [0.15, 0.2) is 76.2 Å². The Balaban J connectivity index is 1.61. The van der Waals surface area contributed by atoms with Crippen LogP contribution < -0.4 is 10.0 Å². The summed E-state index contributed by atoms with van der Waals surface area (Å²) in [5, 5.41) is 2.85. The number of carbonyl (C=O) groups is 2. The number of esters is 1. The van der Waals surface area contributed by atoms with Crippen molar-refractivity contribution in [1.82, 2.24) is 4.72 Å². The number of carbonyl (C=O) groups excluding carboxylic acids is 2. The van der Waals surface area contributed by atoms with E-state index in [4.69, 9.17) is 20.8 Å². The van der Waals surface area contributed by atoms with Crippen LogP contribution in [0.25, 0.3) is 6.08 Å². The fraction of sp³-hybridized carbons (Fsp3) is 0.130. The average Bonchev–Trinajstić information content (AvgIpc) is 3.32. The van der Waals surface area contributed by atoms with Gasteiger partial charge in [-0.3, -0.25) is 4.79 Å². The summed E-state index contributed by atoms with van der Waals surface area (Å²) in [7, 11) is -3.71. The summed E-state index contributed by atoms with van der Waals surface area (Å²) in [4.78, 5) is 24.3. The summed E-state index contributed by atoms with van der Waals surface area (Å²) in [6.07, 6.45) is 4.29. The molecule has 0 atom stereocenters. The maximum Gasteiger partial charge on any atom is 0.339 e. The second-order valence-corrected chi connectivity index (χ2v) is 8.88. The predicted molar refractivity (Wildman–Crippen MR) is 124 cm³/mol. The Morgan fingerprint density at radius 3 is 2.55 bits per heavy atom. The quantitative estimate of drug-likeness (QED) is 0.344. The van der Waals surface area contributed by atoms with Crippen molar-refractivity contribution in [3.8, 4) is 0 Å². The molecule has 0 aliphatic carbocycles. The van der Waals surface area contributed by atoms with Crippen LogP contribution in [-0.2, 0) is 26.1 Å². The highest BCUT2D eigenvalue weighted by atomic mass is 35.5. The Bertz CT molecular complexity index is 1250. The Morgan fingerprint density at radius 1 is 1.12 bits per heavy atom. The van der Waals surface area contributed by atoms with E-state index in [1.807, 2.05) is 0 Å². The minimum Gasteiger partial charge on any atom is -0.468 e. The van der Waals surface area contributed by atoms with Gasteiger partial charge in [-0.25, -0.2) is 17.9 Å². The van der Waals surface area contributed by atoms with E-state index in [2.05, 4.69) is 10.0 Å². The third-order valence-corrected chi connectivity index (χ3v) is 6.11. The van der Waals surface area contributed by atoms with Crippen molar-refractivity contribution in [2.24, 2.45) is 0 Å². The maximum atomic E-state index is 12.4. The smallest absolute Gasteiger partial charge is 0.339 e. The summed E-state index contributed by atoms with van der Waals surface area (Å²) in [5.74, 6) is -0.522. The third kappa shape index (κ3) is 6.79. The first-order chi connectivity index (χ1) is 15.8. The van der Waals surface area contributed by atoms with E-state index in [9.17, 15) is 18.0 Å². The van der Waals surface area contributed by atoms with Crippen molar-refractivity contribution >= 4 is 45.3 Å². The van der Waals surface area contributed by atoms with Gasteiger partial charge in [-0.2, -0.15) is 0 Å². The SMILES string of the molecule is CCOC(=O)c1cc(NC(=O)C=Cc2ccc(S(=O)(=O)NCc3ccco3)cc2)ccc1Cl. The number of nitrogens with one attached hydrogen (secondary N) is 2. The predicted octanol–water partition coefficient (Wildman–Crippen LogP) is 4.24. The van der Waals surface area contributed by atoms with E-state index in [-0.39, 0.29) is 28.6 Å². The van der Waals surface area contributed by atoms with E-state index >= 15 is 0 Å². The first-order valence-electron chi connectivity index (χ1n) is 9.86. The van der Waals surface area contributed by atoms with Crippen LogP contribution in [0.5, 0.6) is 0 Å². The molecule has 2 aromatic carbocycles. The largest absolute Gasteiger partial charge is 0.468 e. The minimum absolute atomic E-state index is 0.0414. The van der Waals surface area contributed by atoms with Crippen molar-refractivity contribution in [1.29, 1.82) is 0 Å². The molecular formula is C23H21ClN2O6S. The number of anilines is 1. The highest BCUT2D eigenvalue weighted by Crippen LogP contribution is 2.22. The molecule has 0 unspecified atom stereocenters. The lowest BCUT2D eigenvalue weighted by Crippen LogP contribution is -2.22. The topological polar surface area (TPSA) is 115 Å². The number of amides is 1. The van der Waals surface area contributed by atoms with Gasteiger partial charge in [0, 0.05) is 11.8 Å². The summed E-state index contributed by atoms with van der Waals surface area (Å²) in [6, 6.07) is 13.9. The molecule has 33 heavy (non-hydrogen) atoms. The molecule has 0 bridgehead atoms. The van der Waals surface area contributed by atoms with Gasteiger partial charge in [0.05, 0.1) is 34.9 Å². The Labute approximate surface area is 196 Å². The normalized spacial score (nSPS) is 11.5. The molecule has 0 saturated carbocycles. The van der Waals surface area contributed by atoms with Gasteiger partial charge >= 0.3 is 5.97 Å². The van der Waals surface area contributed by atoms with Crippen LogP contribution in [0, 0.1) is 0 Å². The number of ether oxygens (including phenoxy) is 1. The molecule has 1 aromatic heterocycles. The molecule has 8 nitrogen and oxygen atoms in total. The van der Waals surface area contributed by atoms with Crippen LogP contribution in [0.4, 0.5) is 5.69 Å². The highest BCUT2D eigenvalue weighted by molar-refractivity contribution is 7.89. The minimum atomic E-state index is -3.71. The summed E-state index contributed by atoms with van der Waals surface area (Å²) >= 11 is 6.02. The summed E-state index contributed by atoms with van der Waals surface area (Å²) in [6.45, 7) is 1.93. The van der Waals surface area contributed by atoms with E-state index in [0.717, 1.165) is 0 Å². The molecule has 3 aromatic rings. The highest BCUT2D eigenvalue weighted by Gasteiger charge is 2.14. The molecular weight excluding hydrogens is 468 g/mol. The number of halogens is 1. The van der Waals surface area contributed by atoms with Gasteiger partial charge in [-0.05, 0) is 61.0 Å². The van der Waals surface area contributed by atoms with E-state index in [1.165, 1.54) is 42.7 Å². The van der Waals surface area contributed by atoms with Crippen molar-refractivity contribution in [2.75, 3.05) is 11.9 Å². The van der Waals surface area contributed by atoms with Crippen molar-refractivity contribution in [3.05, 3.63) is 88.8 Å². The van der Waals surface area contributed by atoms with E-state index < -0.39 is 21.9 Å². The lowest BCUT2D eigenvalue weighted by Gasteiger charge is -2.08. The Kier molecular flexibility index (Phi) is 8.05. The van der Waals surface area contributed by atoms with Crippen LogP contribution in [-0.4, -0.2) is 26.9 Å². The standard InChI is InChI=1S/C23H21ClN2O6S/c1-2-31-23(28)20-14-17(8-11-21(20)24)26-22(27)12-7-16-5-9-19(10-6-16)33(29,30)25-15-18-4-3-13-32-18/h3-14,25H,2,15H2,1H3,(H,26,27). The zero-order valence-corrected chi connectivity index (χ0v) is 19.2. The number of hydrogen-bond acceptors (Lipinski definition) is 6. The van der Waals surface area contributed by atoms with Gasteiger partial charge in [0.15, 0.2) is 0 Å². The van der Waals surface area contributed by atoms with Gasteiger partial charge in [-0.1, -0.05) is 23.7 Å². The molecule has 1 heterocycles. The molecule has 0 aliphatic heterocycles. The van der Waals surface area contributed by atoms with Crippen molar-refractivity contribution < 1.29 is 27.2 Å². The molecule has 0 aliphatic rings. The first kappa shape index (κ1) is 24.2. The third-order valence-electron chi connectivity index (χ3n) is 4.36. The fourth-order valence-corrected chi connectivity index (χ4v) is 3.93. The zero-order chi connectivity index (χ0) is 23.8. The maximum absolute atomic E-state index is 12.4. The number of rotatable bonds is 9. The van der Waals surface area contributed by atoms with Gasteiger partial charge < -0.3 is 14.5 Å². The van der Waals surface area contributed by atoms with Crippen LogP contribution >= 0.6 is 11.6 Å². The lowest BCUT2D eigenvalue weighted by atomic mass is 10.2. The van der Waals surface area contributed by atoms with Gasteiger partial charge in [0.2, 0.25) is 15.9 Å². The zero-order valence-electron chi connectivity index (χ0n) is 17.6. The second-order valence-electron chi connectivity index (χ2n) is 6.71. The fourth-order valence-electron chi connectivity index (χ4n) is 2.74. The average molecular weight is 489 g/mol. The number of hydrogen-bond donors (Lipinski definition) is 2. The van der Waals surface area contributed by atoms with Crippen LogP contribution in [0.3, 0.4) is 0 Å². The molecule has 172 valence electrons. The molecule has 0 radical (unpaired) electrons. The monoisotopic (exact) mass is 488 g/mol. The van der Waals surface area contributed by atoms with Crippen LogP contribution in [0.2, 0.25) is 5.02 Å². The number of benzene rings is 2. The molecule has 1 amide bonds. The van der Waals surface area contributed by atoms with E-state index in [1.54, 1.807) is 37.3 Å². The molecule has 0 saturated heterocycles. The molecule has 0 spiro atoms. The van der Waals surface area contributed by atoms with E-state index in [0.29, 0.717) is 17.0 Å².